The van der Waals surface area contributed by atoms with E-state index in [0.717, 1.165) is 26.7 Å². The van der Waals surface area contributed by atoms with E-state index in [-0.39, 0.29) is 11.1 Å². The first-order valence-corrected chi connectivity index (χ1v) is 9.55. The Morgan fingerprint density at radius 2 is 1.96 bits per heavy atom. The number of amides is 1. The highest BCUT2D eigenvalue weighted by molar-refractivity contribution is 8.01. The lowest BCUT2D eigenvalue weighted by molar-refractivity contribution is 0.0692. The van der Waals surface area contributed by atoms with Crippen LogP contribution in [0, 0.1) is 0 Å². The van der Waals surface area contributed by atoms with Crippen LogP contribution in [-0.4, -0.2) is 27.7 Å². The second-order valence-corrected chi connectivity index (χ2v) is 7.69. The summed E-state index contributed by atoms with van der Waals surface area (Å²) in [4.78, 5) is 28.2. The molecule has 0 fully saturated rings. The minimum Gasteiger partial charge on any atom is -0.478 e. The van der Waals surface area contributed by atoms with E-state index in [0.29, 0.717) is 5.69 Å². The van der Waals surface area contributed by atoms with Gasteiger partial charge < -0.3 is 10.4 Å². The van der Waals surface area contributed by atoms with E-state index in [2.05, 4.69) is 17.2 Å². The smallest absolute Gasteiger partial charge is 0.336 e. The van der Waals surface area contributed by atoms with Gasteiger partial charge in [0.05, 0.1) is 21.3 Å². The Morgan fingerprint density at radius 1 is 1.20 bits per heavy atom. The number of aromatic carboxylic acids is 1. The molecule has 0 aliphatic heterocycles. The van der Waals surface area contributed by atoms with E-state index >= 15 is 0 Å². The first kappa shape index (κ1) is 17.4. The number of aromatic nitrogens is 1. The summed E-state index contributed by atoms with van der Waals surface area (Å²) in [5.41, 5.74) is 1.64. The van der Waals surface area contributed by atoms with Gasteiger partial charge in [0.1, 0.15) is 0 Å². The predicted octanol–water partition coefficient (Wildman–Crippen LogP) is 4.75. The monoisotopic (exact) mass is 372 g/mol. The van der Waals surface area contributed by atoms with Crippen LogP contribution in [0.2, 0.25) is 0 Å². The average Bonchev–Trinajstić information content (AvgIpc) is 3.02. The molecule has 0 spiro atoms. The molecular weight excluding hydrogens is 356 g/mol. The lowest BCUT2D eigenvalue weighted by Crippen LogP contribution is -2.16. The van der Waals surface area contributed by atoms with Gasteiger partial charge in [-0.2, -0.15) is 0 Å². The van der Waals surface area contributed by atoms with Gasteiger partial charge in [-0.15, -0.1) is 11.3 Å². The van der Waals surface area contributed by atoms with Crippen LogP contribution in [0.1, 0.15) is 34.1 Å². The molecule has 5 nitrogen and oxygen atoms in total. The zero-order valence-corrected chi connectivity index (χ0v) is 15.1. The van der Waals surface area contributed by atoms with Crippen molar-refractivity contribution in [1.29, 1.82) is 0 Å². The summed E-state index contributed by atoms with van der Waals surface area (Å²) in [5.74, 6) is -0.543. The lowest BCUT2D eigenvalue weighted by Gasteiger charge is -2.07. The largest absolute Gasteiger partial charge is 0.478 e. The summed E-state index contributed by atoms with van der Waals surface area (Å²) in [5, 5.41) is 12.0. The molecule has 25 heavy (non-hydrogen) atoms. The van der Waals surface area contributed by atoms with E-state index < -0.39 is 11.9 Å². The van der Waals surface area contributed by atoms with Crippen molar-refractivity contribution < 1.29 is 14.7 Å². The molecule has 0 aliphatic rings. The highest BCUT2D eigenvalue weighted by Crippen LogP contribution is 2.31. The summed E-state index contributed by atoms with van der Waals surface area (Å²) in [6.07, 6.45) is 1.09. The van der Waals surface area contributed by atoms with Gasteiger partial charge in [0, 0.05) is 11.4 Å². The molecule has 0 aliphatic carbocycles. The first-order valence-electron chi connectivity index (χ1n) is 7.75. The molecule has 1 heterocycles. The van der Waals surface area contributed by atoms with E-state index in [1.165, 1.54) is 12.1 Å². The Kier molecular flexibility index (Phi) is 5.35. The molecule has 0 saturated heterocycles. The van der Waals surface area contributed by atoms with Crippen molar-refractivity contribution in [2.45, 2.75) is 17.7 Å². The summed E-state index contributed by atoms with van der Waals surface area (Å²) in [7, 11) is 0. The molecule has 3 aromatic rings. The van der Waals surface area contributed by atoms with Crippen molar-refractivity contribution in [2.75, 3.05) is 11.1 Å². The van der Waals surface area contributed by atoms with Gasteiger partial charge in [0.2, 0.25) is 0 Å². The van der Waals surface area contributed by atoms with Gasteiger partial charge in [-0.25, -0.2) is 9.78 Å². The number of hydrogen-bond donors (Lipinski definition) is 2. The Morgan fingerprint density at radius 3 is 2.68 bits per heavy atom. The standard InChI is InChI=1S/C18H16N2O3S2/c1-2-9-24-18-20-14-8-7-11(10-15(14)25-18)19-16(21)12-5-3-4-6-13(12)17(22)23/h3-8,10H,2,9H2,1H3,(H,19,21)(H,22,23). The molecule has 128 valence electrons. The van der Waals surface area contributed by atoms with E-state index in [9.17, 15) is 14.7 Å². The number of thioether (sulfide) groups is 1. The molecule has 7 heteroatoms. The van der Waals surface area contributed by atoms with Crippen LogP contribution in [0.5, 0.6) is 0 Å². The van der Waals surface area contributed by atoms with Gasteiger partial charge in [-0.3, -0.25) is 4.79 Å². The van der Waals surface area contributed by atoms with Crippen LogP contribution in [0.4, 0.5) is 5.69 Å². The Hall–Kier alpha value is -2.38. The number of nitrogens with one attached hydrogen (secondary N) is 1. The minimum atomic E-state index is -1.12. The van der Waals surface area contributed by atoms with Gasteiger partial charge in [-0.05, 0) is 36.8 Å². The predicted molar refractivity (Wildman–Crippen MR) is 102 cm³/mol. The Balaban J connectivity index is 1.83. The van der Waals surface area contributed by atoms with Gasteiger partial charge in [0.15, 0.2) is 4.34 Å². The number of hydrogen-bond acceptors (Lipinski definition) is 5. The highest BCUT2D eigenvalue weighted by Gasteiger charge is 2.16. The molecule has 0 bridgehead atoms. The molecule has 2 N–H and O–H groups in total. The maximum atomic E-state index is 12.4. The zero-order valence-electron chi connectivity index (χ0n) is 13.5. The molecular formula is C18H16N2O3S2. The third kappa shape index (κ3) is 4.00. The number of carbonyl (C=O) groups is 2. The van der Waals surface area contributed by atoms with Crippen molar-refractivity contribution in [1.82, 2.24) is 4.98 Å². The van der Waals surface area contributed by atoms with Crippen molar-refractivity contribution in [3.8, 4) is 0 Å². The number of carboxylic acid groups (broad SMARTS) is 1. The zero-order chi connectivity index (χ0) is 17.8. The van der Waals surface area contributed by atoms with Crippen LogP contribution in [0.25, 0.3) is 10.2 Å². The number of carboxylic acids is 1. The summed E-state index contributed by atoms with van der Waals surface area (Å²) >= 11 is 3.31. The number of nitrogens with zero attached hydrogens (tertiary/aromatic N) is 1. The SMILES string of the molecule is CCCSc1nc2ccc(NC(=O)c3ccccc3C(=O)O)cc2s1. The summed E-state index contributed by atoms with van der Waals surface area (Å²) < 4.78 is 2.00. The fraction of sp³-hybridized carbons (Fsp3) is 0.167. The molecule has 0 saturated carbocycles. The van der Waals surface area contributed by atoms with Crippen LogP contribution in [-0.2, 0) is 0 Å². The molecule has 2 aromatic carbocycles. The number of anilines is 1. The molecule has 3 rings (SSSR count). The number of thiazole rings is 1. The average molecular weight is 372 g/mol. The number of carbonyl (C=O) groups excluding carboxylic acids is 1. The highest BCUT2D eigenvalue weighted by atomic mass is 32.2. The molecule has 1 amide bonds. The van der Waals surface area contributed by atoms with Crippen molar-refractivity contribution >= 4 is 50.9 Å². The Bertz CT molecular complexity index is 937. The van der Waals surface area contributed by atoms with Crippen LogP contribution >= 0.6 is 23.1 Å². The quantitative estimate of drug-likeness (QED) is 0.611. The van der Waals surface area contributed by atoms with Crippen molar-refractivity contribution in [2.24, 2.45) is 0 Å². The van der Waals surface area contributed by atoms with Crippen LogP contribution in [0.3, 0.4) is 0 Å². The number of fused-ring (bicyclic) bond motifs is 1. The van der Waals surface area contributed by atoms with Crippen LogP contribution < -0.4 is 5.32 Å². The Labute approximate surface area is 153 Å². The van der Waals surface area contributed by atoms with Gasteiger partial charge >= 0.3 is 5.97 Å². The van der Waals surface area contributed by atoms with Gasteiger partial charge in [-0.1, -0.05) is 30.8 Å². The topological polar surface area (TPSA) is 79.3 Å². The van der Waals surface area contributed by atoms with Crippen LogP contribution in [0.15, 0.2) is 46.8 Å². The lowest BCUT2D eigenvalue weighted by atomic mass is 10.1. The second kappa shape index (κ2) is 7.67. The summed E-state index contributed by atoms with van der Waals surface area (Å²) in [6, 6.07) is 11.7. The van der Waals surface area contributed by atoms with Crippen molar-refractivity contribution in [3.63, 3.8) is 0 Å². The molecule has 1 aromatic heterocycles. The first-order chi connectivity index (χ1) is 12.1. The van der Waals surface area contributed by atoms with E-state index in [1.807, 2.05) is 12.1 Å². The maximum Gasteiger partial charge on any atom is 0.336 e. The van der Waals surface area contributed by atoms with Crippen molar-refractivity contribution in [3.05, 3.63) is 53.6 Å². The normalized spacial score (nSPS) is 10.8. The molecule has 0 radical (unpaired) electrons. The maximum absolute atomic E-state index is 12.4. The minimum absolute atomic E-state index is 0.0166. The molecule has 0 unspecified atom stereocenters. The fourth-order valence-corrected chi connectivity index (χ4v) is 4.33. The summed E-state index contributed by atoms with van der Waals surface area (Å²) in [6.45, 7) is 2.13. The number of rotatable bonds is 6. The van der Waals surface area contributed by atoms with E-state index in [4.69, 9.17) is 0 Å². The number of benzene rings is 2. The fourth-order valence-electron chi connectivity index (χ4n) is 2.30. The van der Waals surface area contributed by atoms with Gasteiger partial charge in [0.25, 0.3) is 5.91 Å². The second-order valence-electron chi connectivity index (χ2n) is 5.32. The third-order valence-corrected chi connectivity index (χ3v) is 5.83. The third-order valence-electron chi connectivity index (χ3n) is 3.46. The van der Waals surface area contributed by atoms with E-state index in [1.54, 1.807) is 41.3 Å². The molecule has 0 atom stereocenters.